The molecule has 0 radical (unpaired) electrons. The Balaban J connectivity index is 2.16. The summed E-state index contributed by atoms with van der Waals surface area (Å²) < 4.78 is 7.47. The predicted octanol–water partition coefficient (Wildman–Crippen LogP) is 2.81. The van der Waals surface area contributed by atoms with Gasteiger partial charge in [0, 0.05) is 18.5 Å². The predicted molar refractivity (Wildman–Crippen MR) is 86.9 cm³/mol. The summed E-state index contributed by atoms with van der Waals surface area (Å²) in [6.07, 6.45) is 0.501. The minimum absolute atomic E-state index is 0.501. The summed E-state index contributed by atoms with van der Waals surface area (Å²) in [5, 5.41) is 11.9. The van der Waals surface area contributed by atoms with E-state index in [-0.39, 0.29) is 0 Å². The summed E-state index contributed by atoms with van der Waals surface area (Å²) >= 11 is 5.30. The van der Waals surface area contributed by atoms with E-state index < -0.39 is 0 Å². The average molecular weight is 317 g/mol. The van der Waals surface area contributed by atoms with Crippen LogP contribution in [0.25, 0.3) is 11.4 Å². The molecule has 0 atom stereocenters. The number of nitrogens with one attached hydrogen (secondary N) is 1. The highest BCUT2D eigenvalue weighted by Crippen LogP contribution is 2.19. The summed E-state index contributed by atoms with van der Waals surface area (Å²) in [7, 11) is 1.64. The van der Waals surface area contributed by atoms with Crippen LogP contribution in [0, 0.1) is 16.1 Å². The maximum atomic E-state index is 8.69. The molecule has 2 aromatic rings. The quantitative estimate of drug-likeness (QED) is 0.795. The molecule has 0 saturated heterocycles. The fourth-order valence-electron chi connectivity index (χ4n) is 2.07. The van der Waals surface area contributed by atoms with E-state index >= 15 is 0 Å². The number of H-pyrrole nitrogens is 1. The lowest BCUT2D eigenvalue weighted by Crippen LogP contribution is -2.27. The number of nitrogens with zero attached hydrogens (tertiary/aromatic N) is 4. The second-order valence-corrected chi connectivity index (χ2v) is 5.14. The van der Waals surface area contributed by atoms with E-state index in [1.807, 2.05) is 28.9 Å². The van der Waals surface area contributed by atoms with Crippen molar-refractivity contribution in [3.05, 3.63) is 29.0 Å². The first kappa shape index (κ1) is 16.2. The topological polar surface area (TPSA) is 69.9 Å². The van der Waals surface area contributed by atoms with Crippen LogP contribution >= 0.6 is 12.2 Å². The van der Waals surface area contributed by atoms with Crippen LogP contribution in [-0.2, 0) is 6.67 Å². The first-order chi connectivity index (χ1) is 10.7. The number of hydrogen-bond donors (Lipinski definition) is 1. The summed E-state index contributed by atoms with van der Waals surface area (Å²) in [5.41, 5.74) is 0.950. The van der Waals surface area contributed by atoms with Crippen molar-refractivity contribution in [2.75, 3.05) is 20.2 Å². The van der Waals surface area contributed by atoms with Crippen molar-refractivity contribution in [2.24, 2.45) is 0 Å². The van der Waals surface area contributed by atoms with Crippen LogP contribution in [-0.4, -0.2) is 39.9 Å². The fraction of sp³-hybridized carbons (Fsp3) is 0.400. The third-order valence-corrected chi connectivity index (χ3v) is 3.68. The minimum Gasteiger partial charge on any atom is -0.497 e. The van der Waals surface area contributed by atoms with E-state index in [4.69, 9.17) is 22.2 Å². The van der Waals surface area contributed by atoms with Crippen LogP contribution in [0.3, 0.4) is 0 Å². The van der Waals surface area contributed by atoms with E-state index in [0.29, 0.717) is 24.4 Å². The SMILES string of the molecule is CCN(CCC#N)Cn1[nH]c(-c2ccc(OC)cc2)nc1=S. The van der Waals surface area contributed by atoms with Gasteiger partial charge in [0.05, 0.1) is 19.8 Å². The van der Waals surface area contributed by atoms with Gasteiger partial charge in [0.25, 0.3) is 0 Å². The van der Waals surface area contributed by atoms with Gasteiger partial charge in [-0.3, -0.25) is 10.00 Å². The molecule has 0 fully saturated rings. The smallest absolute Gasteiger partial charge is 0.217 e. The van der Waals surface area contributed by atoms with E-state index in [9.17, 15) is 0 Å². The van der Waals surface area contributed by atoms with Crippen LogP contribution in [0.5, 0.6) is 5.75 Å². The van der Waals surface area contributed by atoms with Gasteiger partial charge in [0.2, 0.25) is 4.77 Å². The number of aromatic nitrogens is 3. The summed E-state index contributed by atoms with van der Waals surface area (Å²) in [6.45, 7) is 4.22. The highest BCUT2D eigenvalue weighted by Gasteiger charge is 2.08. The molecule has 0 aliphatic carbocycles. The molecule has 0 unspecified atom stereocenters. The monoisotopic (exact) mass is 317 g/mol. The average Bonchev–Trinajstić information content (AvgIpc) is 2.92. The van der Waals surface area contributed by atoms with Gasteiger partial charge in [-0.1, -0.05) is 6.92 Å². The lowest BCUT2D eigenvalue weighted by Gasteiger charge is -2.18. The Kier molecular flexibility index (Phi) is 5.69. The molecule has 1 heterocycles. The lowest BCUT2D eigenvalue weighted by atomic mass is 10.2. The third kappa shape index (κ3) is 3.93. The maximum absolute atomic E-state index is 8.69. The van der Waals surface area contributed by atoms with Crippen molar-refractivity contribution in [3.63, 3.8) is 0 Å². The second-order valence-electron chi connectivity index (χ2n) is 4.77. The van der Waals surface area contributed by atoms with Crippen LogP contribution < -0.4 is 4.74 Å². The van der Waals surface area contributed by atoms with E-state index in [1.54, 1.807) is 7.11 Å². The molecule has 1 N–H and O–H groups in total. The van der Waals surface area contributed by atoms with Crippen molar-refractivity contribution in [1.82, 2.24) is 19.7 Å². The molecular weight excluding hydrogens is 298 g/mol. The lowest BCUT2D eigenvalue weighted by molar-refractivity contribution is 0.221. The van der Waals surface area contributed by atoms with Crippen LogP contribution in [0.1, 0.15) is 13.3 Å². The number of benzene rings is 1. The molecule has 0 spiro atoms. The summed E-state index contributed by atoms with van der Waals surface area (Å²) in [6, 6.07) is 9.80. The molecule has 7 heteroatoms. The largest absolute Gasteiger partial charge is 0.497 e. The van der Waals surface area contributed by atoms with Crippen LogP contribution in [0.2, 0.25) is 0 Å². The Hall–Kier alpha value is -2.17. The Labute approximate surface area is 134 Å². The highest BCUT2D eigenvalue weighted by atomic mass is 32.1. The number of rotatable bonds is 7. The minimum atomic E-state index is 0.501. The first-order valence-electron chi connectivity index (χ1n) is 7.08. The van der Waals surface area contributed by atoms with Gasteiger partial charge in [0.1, 0.15) is 5.75 Å². The van der Waals surface area contributed by atoms with E-state index in [0.717, 1.165) is 23.7 Å². The molecule has 1 aromatic carbocycles. The second kappa shape index (κ2) is 7.73. The molecule has 22 heavy (non-hydrogen) atoms. The molecule has 0 aliphatic rings. The van der Waals surface area contributed by atoms with Crippen molar-refractivity contribution in [2.45, 2.75) is 20.0 Å². The van der Waals surface area contributed by atoms with E-state index in [1.165, 1.54) is 0 Å². The molecule has 0 amide bonds. The Morgan fingerprint density at radius 2 is 2.14 bits per heavy atom. The number of methoxy groups -OCH3 is 1. The normalized spacial score (nSPS) is 10.6. The van der Waals surface area contributed by atoms with Gasteiger partial charge in [-0.05, 0) is 43.0 Å². The zero-order valence-electron chi connectivity index (χ0n) is 12.7. The van der Waals surface area contributed by atoms with Crippen molar-refractivity contribution >= 4 is 12.2 Å². The molecule has 1 aromatic heterocycles. The van der Waals surface area contributed by atoms with Crippen molar-refractivity contribution in [1.29, 1.82) is 5.26 Å². The Morgan fingerprint density at radius 1 is 1.41 bits per heavy atom. The molecule has 6 nitrogen and oxygen atoms in total. The summed E-state index contributed by atoms with van der Waals surface area (Å²) in [5.74, 6) is 1.53. The standard InChI is InChI=1S/C15H19N5OS/c1-3-19(10-4-9-16)11-20-15(22)17-14(18-20)12-5-7-13(21-2)8-6-12/h5-8H,3-4,10-11H2,1-2H3,(H,17,18,22). The Bertz CT molecular complexity index is 698. The van der Waals surface area contributed by atoms with Gasteiger partial charge >= 0.3 is 0 Å². The van der Waals surface area contributed by atoms with Crippen molar-refractivity contribution in [3.8, 4) is 23.2 Å². The first-order valence-corrected chi connectivity index (χ1v) is 7.49. The number of hydrogen-bond acceptors (Lipinski definition) is 5. The fourth-order valence-corrected chi connectivity index (χ4v) is 2.26. The molecule has 0 saturated carbocycles. The van der Waals surface area contributed by atoms with Crippen molar-refractivity contribution < 1.29 is 4.74 Å². The van der Waals surface area contributed by atoms with Gasteiger partial charge in [-0.15, -0.1) is 0 Å². The molecular formula is C15H19N5OS. The zero-order chi connectivity index (χ0) is 15.9. The van der Waals surface area contributed by atoms with Crippen LogP contribution in [0.4, 0.5) is 0 Å². The van der Waals surface area contributed by atoms with Gasteiger partial charge < -0.3 is 4.74 Å². The Morgan fingerprint density at radius 3 is 2.73 bits per heavy atom. The zero-order valence-corrected chi connectivity index (χ0v) is 13.6. The molecule has 0 aliphatic heterocycles. The van der Waals surface area contributed by atoms with Gasteiger partial charge in [-0.25, -0.2) is 4.68 Å². The third-order valence-electron chi connectivity index (χ3n) is 3.37. The van der Waals surface area contributed by atoms with Gasteiger partial charge in [-0.2, -0.15) is 10.2 Å². The highest BCUT2D eigenvalue weighted by molar-refractivity contribution is 7.71. The van der Waals surface area contributed by atoms with E-state index in [2.05, 4.69) is 28.0 Å². The van der Waals surface area contributed by atoms with Gasteiger partial charge in [0.15, 0.2) is 5.82 Å². The molecule has 2 rings (SSSR count). The maximum Gasteiger partial charge on any atom is 0.217 e. The molecule has 116 valence electrons. The number of ether oxygens (including phenoxy) is 1. The number of nitriles is 1. The summed E-state index contributed by atoms with van der Waals surface area (Å²) in [4.78, 5) is 6.53. The van der Waals surface area contributed by atoms with Crippen LogP contribution in [0.15, 0.2) is 24.3 Å². The number of aromatic amines is 1. The molecule has 0 bridgehead atoms.